The van der Waals surface area contributed by atoms with Crippen LogP contribution in [0.3, 0.4) is 0 Å². The first-order valence-corrected chi connectivity index (χ1v) is 11.6. The number of hydrogen-bond acceptors (Lipinski definition) is 3. The van der Waals surface area contributed by atoms with Crippen molar-refractivity contribution in [3.05, 3.63) is 64.7 Å². The number of halogens is 6. The van der Waals surface area contributed by atoms with Crippen LogP contribution in [0.2, 0.25) is 0 Å². The number of hydrogen-bond donors (Lipinski definition) is 2. The fraction of sp³-hybridized carbons (Fsp3) is 0.318. The van der Waals surface area contributed by atoms with Crippen LogP contribution in [0.5, 0.6) is 0 Å². The zero-order chi connectivity index (χ0) is 26.8. The number of amides is 2. The summed E-state index contributed by atoms with van der Waals surface area (Å²) in [6, 6.07) is 7.38. The van der Waals surface area contributed by atoms with E-state index in [-0.39, 0.29) is 42.6 Å². The lowest BCUT2D eigenvalue weighted by Gasteiger charge is -2.33. The van der Waals surface area contributed by atoms with Gasteiger partial charge >= 0.3 is 11.7 Å². The van der Waals surface area contributed by atoms with Gasteiger partial charge in [-0.3, -0.25) is 9.59 Å². The molecule has 0 radical (unpaired) electrons. The van der Waals surface area contributed by atoms with Gasteiger partial charge in [0.2, 0.25) is 0 Å². The molecule has 1 atom stereocenters. The van der Waals surface area contributed by atoms with Gasteiger partial charge in [0.25, 0.3) is 11.8 Å². The summed E-state index contributed by atoms with van der Waals surface area (Å²) in [5.41, 5.74) is 3.70. The number of carbonyl (C=O) groups is 2. The van der Waals surface area contributed by atoms with Crippen LogP contribution >= 0.6 is 0 Å². The molecule has 1 saturated heterocycles. The number of benzene rings is 2. The predicted octanol–water partition coefficient (Wildman–Crippen LogP) is 3.77. The van der Waals surface area contributed by atoms with Crippen LogP contribution < -0.4 is 11.5 Å². The summed E-state index contributed by atoms with van der Waals surface area (Å²) in [7, 11) is -3.31. The molecule has 1 aliphatic rings. The van der Waals surface area contributed by atoms with Crippen molar-refractivity contribution in [1.29, 1.82) is 0 Å². The summed E-state index contributed by atoms with van der Waals surface area (Å²) in [5, 5.41) is 0. The Kier molecular flexibility index (Phi) is 7.76. The van der Waals surface area contributed by atoms with Crippen LogP contribution in [0.25, 0.3) is 0 Å². The fourth-order valence-electron chi connectivity index (χ4n) is 3.93. The summed E-state index contributed by atoms with van der Waals surface area (Å²) in [5.74, 6) is -2.84. The molecule has 0 aromatic heterocycles. The minimum atomic E-state index is -4.99. The topological polar surface area (TPSA) is 119 Å². The van der Waals surface area contributed by atoms with Gasteiger partial charge in [-0.1, -0.05) is 12.1 Å². The normalized spacial score (nSPS) is 15.9. The van der Waals surface area contributed by atoms with Gasteiger partial charge in [-0.2, -0.15) is 31.3 Å². The zero-order valence-electron chi connectivity index (χ0n) is 18.4. The van der Waals surface area contributed by atoms with E-state index in [9.17, 15) is 40.1 Å². The average Bonchev–Trinajstić information content (AvgIpc) is 2.81. The summed E-state index contributed by atoms with van der Waals surface area (Å²) < 4.78 is 91.1. The van der Waals surface area contributed by atoms with Crippen LogP contribution in [0.4, 0.5) is 26.3 Å². The van der Waals surface area contributed by atoms with Crippen LogP contribution in [0, 0.1) is 0 Å². The second-order valence-electron chi connectivity index (χ2n) is 7.95. The fourth-order valence-corrected chi connectivity index (χ4v) is 4.63. The standard InChI is InChI=1S/C22H20F6N4O3S/c23-21(24,25)17-11-13(18(33)31-20(29)30)4-5-16(17)12-6-8-32(9-7-12)19(34)14-2-1-3-15(10-14)36(35)22(26,27)28/h1-5,10-12H,6-9H2,(H4,29,30,31,33). The van der Waals surface area contributed by atoms with Gasteiger partial charge in [-0.15, -0.1) is 0 Å². The minimum absolute atomic E-state index is 0.0437. The van der Waals surface area contributed by atoms with Crippen molar-refractivity contribution in [2.75, 3.05) is 13.1 Å². The highest BCUT2D eigenvalue weighted by atomic mass is 32.2. The minimum Gasteiger partial charge on any atom is -0.370 e. The van der Waals surface area contributed by atoms with Gasteiger partial charge in [-0.25, -0.2) is 4.21 Å². The molecule has 7 nitrogen and oxygen atoms in total. The monoisotopic (exact) mass is 534 g/mol. The van der Waals surface area contributed by atoms with E-state index >= 15 is 0 Å². The van der Waals surface area contributed by atoms with E-state index in [1.54, 1.807) is 0 Å². The Balaban J connectivity index is 1.78. The number of alkyl halides is 6. The predicted molar refractivity (Wildman–Crippen MR) is 118 cm³/mol. The summed E-state index contributed by atoms with van der Waals surface area (Å²) in [6.07, 6.45) is -4.49. The molecule has 0 bridgehead atoms. The molecular weight excluding hydrogens is 514 g/mol. The van der Waals surface area contributed by atoms with Crippen LogP contribution in [-0.2, 0) is 17.0 Å². The lowest BCUT2D eigenvalue weighted by atomic mass is 9.85. The largest absolute Gasteiger partial charge is 0.475 e. The third kappa shape index (κ3) is 6.22. The van der Waals surface area contributed by atoms with Crippen LogP contribution in [0.15, 0.2) is 52.4 Å². The molecule has 1 heterocycles. The van der Waals surface area contributed by atoms with Crippen molar-refractivity contribution in [3.8, 4) is 0 Å². The Morgan fingerprint density at radius 1 is 0.944 bits per heavy atom. The Bertz CT molecular complexity index is 1220. The number of likely N-dealkylation sites (tertiary alicyclic amines) is 1. The first kappa shape index (κ1) is 27.2. The molecule has 2 amide bonds. The number of nitrogens with two attached hydrogens (primary N) is 2. The van der Waals surface area contributed by atoms with Gasteiger partial charge in [0.15, 0.2) is 16.8 Å². The maximum Gasteiger partial charge on any atom is 0.475 e. The highest BCUT2D eigenvalue weighted by Crippen LogP contribution is 2.39. The summed E-state index contributed by atoms with van der Waals surface area (Å²) in [6.45, 7) is 0.0874. The second-order valence-corrected chi connectivity index (χ2v) is 9.42. The maximum absolute atomic E-state index is 13.8. The molecule has 1 fully saturated rings. The van der Waals surface area contributed by atoms with E-state index in [4.69, 9.17) is 11.5 Å². The molecule has 36 heavy (non-hydrogen) atoms. The van der Waals surface area contributed by atoms with E-state index < -0.39 is 56.6 Å². The SMILES string of the molecule is NC(N)=NC(=O)c1ccc(C2CCN(C(=O)c3cccc(S(=O)C(F)(F)F)c3)CC2)c(C(F)(F)F)c1. The van der Waals surface area contributed by atoms with Gasteiger partial charge in [-0.05, 0) is 54.7 Å². The quantitative estimate of drug-likeness (QED) is 0.352. The van der Waals surface area contributed by atoms with Crippen molar-refractivity contribution in [2.24, 2.45) is 16.5 Å². The van der Waals surface area contributed by atoms with Gasteiger partial charge < -0.3 is 16.4 Å². The number of carbonyl (C=O) groups excluding carboxylic acids is 2. The van der Waals surface area contributed by atoms with Crippen molar-refractivity contribution >= 4 is 28.6 Å². The van der Waals surface area contributed by atoms with E-state index in [0.717, 1.165) is 12.1 Å². The maximum atomic E-state index is 13.8. The van der Waals surface area contributed by atoms with Crippen molar-refractivity contribution in [1.82, 2.24) is 4.90 Å². The highest BCUT2D eigenvalue weighted by Gasteiger charge is 2.39. The first-order valence-electron chi connectivity index (χ1n) is 10.4. The summed E-state index contributed by atoms with van der Waals surface area (Å²) >= 11 is 0. The van der Waals surface area contributed by atoms with Gasteiger partial charge in [0.05, 0.1) is 5.56 Å². The first-order chi connectivity index (χ1) is 16.7. The number of aliphatic imine (C=N–C) groups is 1. The Morgan fingerprint density at radius 3 is 2.14 bits per heavy atom. The lowest BCUT2D eigenvalue weighted by molar-refractivity contribution is -0.138. The number of rotatable bonds is 4. The van der Waals surface area contributed by atoms with Crippen molar-refractivity contribution in [2.45, 2.75) is 35.3 Å². The number of piperidine rings is 1. The van der Waals surface area contributed by atoms with E-state index in [2.05, 4.69) is 4.99 Å². The Labute approximate surface area is 203 Å². The molecule has 3 rings (SSSR count). The molecule has 0 spiro atoms. The molecule has 1 aliphatic heterocycles. The Hall–Kier alpha value is -3.42. The molecule has 2 aromatic carbocycles. The zero-order valence-corrected chi connectivity index (χ0v) is 19.2. The van der Waals surface area contributed by atoms with Gasteiger partial charge in [0, 0.05) is 29.1 Å². The summed E-state index contributed by atoms with van der Waals surface area (Å²) in [4.78, 5) is 28.7. The second kappa shape index (κ2) is 10.3. The van der Waals surface area contributed by atoms with Crippen molar-refractivity contribution in [3.63, 3.8) is 0 Å². The molecule has 0 aliphatic carbocycles. The molecule has 1 unspecified atom stereocenters. The highest BCUT2D eigenvalue weighted by molar-refractivity contribution is 7.86. The van der Waals surface area contributed by atoms with Crippen molar-refractivity contribution < 1.29 is 40.1 Å². The molecule has 14 heteroatoms. The molecule has 2 aromatic rings. The third-order valence-electron chi connectivity index (χ3n) is 5.56. The molecule has 4 N–H and O–H groups in total. The van der Waals surface area contributed by atoms with E-state index in [0.29, 0.717) is 6.07 Å². The lowest BCUT2D eigenvalue weighted by Crippen LogP contribution is -2.38. The van der Waals surface area contributed by atoms with E-state index in [1.807, 2.05) is 0 Å². The van der Waals surface area contributed by atoms with Crippen LogP contribution in [-0.4, -0.2) is 45.5 Å². The average molecular weight is 534 g/mol. The number of guanidine groups is 1. The third-order valence-corrected chi connectivity index (χ3v) is 6.67. The van der Waals surface area contributed by atoms with Crippen LogP contribution in [0.1, 0.15) is 50.6 Å². The molecular formula is C22H20F6N4O3S. The Morgan fingerprint density at radius 2 is 1.58 bits per heavy atom. The molecule has 0 saturated carbocycles. The molecule has 194 valence electrons. The number of nitrogens with zero attached hydrogens (tertiary/aromatic N) is 2. The smallest absolute Gasteiger partial charge is 0.370 e. The van der Waals surface area contributed by atoms with E-state index in [1.165, 1.54) is 29.2 Å². The van der Waals surface area contributed by atoms with Gasteiger partial charge in [0.1, 0.15) is 0 Å².